The van der Waals surface area contributed by atoms with Crippen LogP contribution in [-0.2, 0) is 19.1 Å². The smallest absolute Gasteiger partial charge is 0.410 e. The van der Waals surface area contributed by atoms with Gasteiger partial charge < -0.3 is 14.6 Å². The Balaban J connectivity index is 1.45. The second kappa shape index (κ2) is 8.06. The number of esters is 1. The molecule has 0 spiro atoms. The topological polar surface area (TPSA) is 93.1 Å². The Hall–Kier alpha value is -3.35. The first-order chi connectivity index (χ1) is 14.8. The number of likely N-dealkylation sites (tertiary alicyclic amines) is 1. The van der Waals surface area contributed by atoms with Gasteiger partial charge in [0.05, 0.1) is 0 Å². The third-order valence-electron chi connectivity index (χ3n) is 5.97. The highest BCUT2D eigenvalue weighted by molar-refractivity contribution is 5.86. The number of fused-ring (bicyclic) bond motifs is 3. The van der Waals surface area contributed by atoms with E-state index in [0.717, 1.165) is 22.3 Å². The van der Waals surface area contributed by atoms with E-state index in [4.69, 9.17) is 9.47 Å². The van der Waals surface area contributed by atoms with E-state index in [0.29, 0.717) is 19.4 Å². The number of hydrogen-bond donors (Lipinski definition) is 1. The fourth-order valence-corrected chi connectivity index (χ4v) is 4.27. The number of carbonyl (C=O) groups is 3. The van der Waals surface area contributed by atoms with E-state index in [1.807, 2.05) is 36.4 Å². The first-order valence-electron chi connectivity index (χ1n) is 10.4. The van der Waals surface area contributed by atoms with Crippen LogP contribution in [-0.4, -0.2) is 52.8 Å². The fourth-order valence-electron chi connectivity index (χ4n) is 4.27. The Labute approximate surface area is 180 Å². The minimum absolute atomic E-state index is 0.0738. The number of ether oxygens (including phenoxy) is 2. The molecule has 162 valence electrons. The van der Waals surface area contributed by atoms with Gasteiger partial charge in [-0.25, -0.2) is 14.4 Å². The minimum Gasteiger partial charge on any atom is -0.478 e. The van der Waals surface area contributed by atoms with Crippen molar-refractivity contribution in [2.75, 3.05) is 13.2 Å². The van der Waals surface area contributed by atoms with Crippen LogP contribution in [0.15, 0.2) is 48.5 Å². The van der Waals surface area contributed by atoms with Crippen LogP contribution in [0.3, 0.4) is 0 Å². The zero-order valence-corrected chi connectivity index (χ0v) is 17.5. The molecule has 1 heterocycles. The standard InChI is InChI=1S/C24H25NO6/c1-24(2,22(27)28)31-21(26)20-12-7-13-25(20)23(29)30-14-19-17-10-5-3-8-15(17)16-9-4-6-11-18(16)19/h3-6,8-11,19-20H,7,12-14H2,1-2H3,(H,27,28). The Morgan fingerprint density at radius 3 is 2.19 bits per heavy atom. The lowest BCUT2D eigenvalue weighted by Crippen LogP contribution is -2.46. The molecule has 1 atom stereocenters. The molecule has 7 heteroatoms. The summed E-state index contributed by atoms with van der Waals surface area (Å²) in [6, 6.07) is 15.3. The molecule has 1 amide bonds. The van der Waals surface area contributed by atoms with Gasteiger partial charge in [0.2, 0.25) is 5.60 Å². The van der Waals surface area contributed by atoms with Crippen LogP contribution in [0.4, 0.5) is 4.79 Å². The molecular formula is C24H25NO6. The SMILES string of the molecule is CC(C)(OC(=O)C1CCCN1C(=O)OCC1c2ccccc2-c2ccccc21)C(=O)O. The molecule has 1 fully saturated rings. The lowest BCUT2D eigenvalue weighted by molar-refractivity contribution is -0.177. The van der Waals surface area contributed by atoms with Crippen LogP contribution in [0.2, 0.25) is 0 Å². The molecule has 0 radical (unpaired) electrons. The number of nitrogens with zero attached hydrogens (tertiary/aromatic N) is 1. The van der Waals surface area contributed by atoms with Gasteiger partial charge in [-0.15, -0.1) is 0 Å². The van der Waals surface area contributed by atoms with Gasteiger partial charge in [-0.2, -0.15) is 0 Å². The summed E-state index contributed by atoms with van der Waals surface area (Å²) in [6.07, 6.45) is 0.449. The van der Waals surface area contributed by atoms with Crippen LogP contribution < -0.4 is 0 Å². The summed E-state index contributed by atoms with van der Waals surface area (Å²) in [5.41, 5.74) is 2.83. The molecule has 2 aromatic rings. The van der Waals surface area contributed by atoms with Gasteiger partial charge in [0.1, 0.15) is 12.6 Å². The van der Waals surface area contributed by atoms with E-state index < -0.39 is 29.7 Å². The van der Waals surface area contributed by atoms with Crippen LogP contribution in [0.25, 0.3) is 11.1 Å². The first kappa shape index (κ1) is 20.9. The number of amides is 1. The predicted octanol–water partition coefficient (Wildman–Crippen LogP) is 3.81. The fraction of sp³-hybridized carbons (Fsp3) is 0.375. The summed E-state index contributed by atoms with van der Waals surface area (Å²) in [6.45, 7) is 3.13. The molecule has 2 aliphatic rings. The third-order valence-corrected chi connectivity index (χ3v) is 5.97. The van der Waals surface area contributed by atoms with Gasteiger partial charge >= 0.3 is 18.0 Å². The van der Waals surface area contributed by atoms with Crippen molar-refractivity contribution < 1.29 is 29.0 Å². The third kappa shape index (κ3) is 3.87. The molecule has 1 unspecified atom stereocenters. The molecule has 4 rings (SSSR count). The number of carboxylic acids is 1. The summed E-state index contributed by atoms with van der Waals surface area (Å²) in [5.74, 6) is -2.04. The van der Waals surface area contributed by atoms with E-state index in [2.05, 4.69) is 12.1 Å². The molecule has 0 aromatic heterocycles. The van der Waals surface area contributed by atoms with Crippen LogP contribution >= 0.6 is 0 Å². The summed E-state index contributed by atoms with van der Waals surface area (Å²) in [4.78, 5) is 37.9. The molecule has 31 heavy (non-hydrogen) atoms. The molecule has 1 aliphatic carbocycles. The van der Waals surface area contributed by atoms with E-state index >= 15 is 0 Å². The van der Waals surface area contributed by atoms with E-state index in [-0.39, 0.29) is 12.5 Å². The average molecular weight is 423 g/mol. The Kier molecular flexibility index (Phi) is 5.43. The van der Waals surface area contributed by atoms with E-state index in [1.165, 1.54) is 18.7 Å². The largest absolute Gasteiger partial charge is 0.478 e. The van der Waals surface area contributed by atoms with E-state index in [9.17, 15) is 19.5 Å². The van der Waals surface area contributed by atoms with Crippen LogP contribution in [0.1, 0.15) is 43.7 Å². The lowest BCUT2D eigenvalue weighted by Gasteiger charge is -2.27. The summed E-state index contributed by atoms with van der Waals surface area (Å²) in [7, 11) is 0. The molecule has 1 N–H and O–H groups in total. The molecule has 0 bridgehead atoms. The Morgan fingerprint density at radius 2 is 1.61 bits per heavy atom. The second-order valence-corrected chi connectivity index (χ2v) is 8.39. The average Bonchev–Trinajstić information content (AvgIpc) is 3.35. The number of hydrogen-bond acceptors (Lipinski definition) is 5. The van der Waals surface area contributed by atoms with Crippen molar-refractivity contribution in [2.24, 2.45) is 0 Å². The van der Waals surface area contributed by atoms with Crippen molar-refractivity contribution in [3.63, 3.8) is 0 Å². The summed E-state index contributed by atoms with van der Waals surface area (Å²) in [5, 5.41) is 9.19. The van der Waals surface area contributed by atoms with E-state index in [1.54, 1.807) is 0 Å². The van der Waals surface area contributed by atoms with Gasteiger partial charge in [0.15, 0.2) is 0 Å². The van der Waals surface area contributed by atoms with Crippen LogP contribution in [0, 0.1) is 0 Å². The maximum Gasteiger partial charge on any atom is 0.410 e. The zero-order valence-electron chi connectivity index (χ0n) is 17.5. The monoisotopic (exact) mass is 423 g/mol. The Bertz CT molecular complexity index is 985. The number of benzene rings is 2. The highest BCUT2D eigenvalue weighted by atomic mass is 16.6. The number of carboxylic acid groups (broad SMARTS) is 1. The normalized spacial score (nSPS) is 17.7. The highest BCUT2D eigenvalue weighted by Gasteiger charge is 2.41. The molecule has 2 aromatic carbocycles. The molecular weight excluding hydrogens is 398 g/mol. The molecule has 7 nitrogen and oxygen atoms in total. The van der Waals surface area contributed by atoms with Gasteiger partial charge in [-0.1, -0.05) is 48.5 Å². The summed E-state index contributed by atoms with van der Waals surface area (Å²) >= 11 is 0. The number of rotatable bonds is 5. The first-order valence-corrected chi connectivity index (χ1v) is 10.4. The quantitative estimate of drug-likeness (QED) is 0.735. The molecule has 1 aliphatic heterocycles. The van der Waals surface area contributed by atoms with Gasteiger partial charge in [0, 0.05) is 12.5 Å². The number of carbonyl (C=O) groups excluding carboxylic acids is 2. The van der Waals surface area contributed by atoms with Crippen molar-refractivity contribution in [2.45, 2.75) is 44.2 Å². The van der Waals surface area contributed by atoms with Crippen molar-refractivity contribution in [3.05, 3.63) is 59.7 Å². The molecule has 1 saturated heterocycles. The van der Waals surface area contributed by atoms with Crippen molar-refractivity contribution in [1.82, 2.24) is 4.90 Å². The minimum atomic E-state index is -1.66. The van der Waals surface area contributed by atoms with Gasteiger partial charge in [-0.3, -0.25) is 4.90 Å². The zero-order chi connectivity index (χ0) is 22.2. The molecule has 0 saturated carbocycles. The van der Waals surface area contributed by atoms with Gasteiger partial charge in [0.25, 0.3) is 0 Å². The van der Waals surface area contributed by atoms with Crippen molar-refractivity contribution >= 4 is 18.0 Å². The van der Waals surface area contributed by atoms with Crippen LogP contribution in [0.5, 0.6) is 0 Å². The second-order valence-electron chi connectivity index (χ2n) is 8.39. The Morgan fingerprint density at radius 1 is 1.03 bits per heavy atom. The number of aliphatic carboxylic acids is 1. The van der Waals surface area contributed by atoms with Gasteiger partial charge in [-0.05, 0) is 48.9 Å². The highest BCUT2D eigenvalue weighted by Crippen LogP contribution is 2.44. The maximum atomic E-state index is 12.8. The predicted molar refractivity (Wildman–Crippen MR) is 113 cm³/mol. The summed E-state index contributed by atoms with van der Waals surface area (Å²) < 4.78 is 10.8. The van der Waals surface area contributed by atoms with Crippen molar-refractivity contribution in [1.29, 1.82) is 0 Å². The lowest BCUT2D eigenvalue weighted by atomic mass is 9.98. The van der Waals surface area contributed by atoms with Crippen molar-refractivity contribution in [3.8, 4) is 11.1 Å². The maximum absolute atomic E-state index is 12.8.